The Labute approximate surface area is 136 Å². The minimum Gasteiger partial charge on any atom is -0.491 e. The fourth-order valence-electron chi connectivity index (χ4n) is 2.44. The van der Waals surface area contributed by atoms with Gasteiger partial charge >= 0.3 is 0 Å². The molecule has 1 atom stereocenters. The zero-order valence-corrected chi connectivity index (χ0v) is 13.2. The molecule has 4 heteroatoms. The van der Waals surface area contributed by atoms with E-state index in [1.807, 2.05) is 48.5 Å². The van der Waals surface area contributed by atoms with Crippen LogP contribution in [0.1, 0.15) is 18.4 Å². The normalized spacial score (nSPS) is 17.4. The third-order valence-corrected chi connectivity index (χ3v) is 3.98. The second-order valence-corrected chi connectivity index (χ2v) is 5.89. The lowest BCUT2D eigenvalue weighted by Gasteiger charge is -2.12. The summed E-state index contributed by atoms with van der Waals surface area (Å²) in [4.78, 5) is 0. The lowest BCUT2D eigenvalue weighted by Crippen LogP contribution is -2.16. The van der Waals surface area contributed by atoms with Gasteiger partial charge in [0.2, 0.25) is 0 Å². The summed E-state index contributed by atoms with van der Waals surface area (Å²) in [7, 11) is 0. The Morgan fingerprint density at radius 3 is 2.55 bits per heavy atom. The SMILES string of the molecule is Clc1ccc(CNc2ccc(OCC3CCCO3)cc2)cc1. The number of hydrogen-bond donors (Lipinski definition) is 1. The van der Waals surface area contributed by atoms with Gasteiger partial charge in [-0.05, 0) is 54.8 Å². The summed E-state index contributed by atoms with van der Waals surface area (Å²) in [5.41, 5.74) is 2.27. The van der Waals surface area contributed by atoms with Crippen molar-refractivity contribution in [3.05, 3.63) is 59.1 Å². The summed E-state index contributed by atoms with van der Waals surface area (Å²) in [6.45, 7) is 2.27. The Bertz CT molecular complexity index is 577. The maximum absolute atomic E-state index is 5.88. The van der Waals surface area contributed by atoms with E-state index in [1.165, 1.54) is 5.56 Å². The van der Waals surface area contributed by atoms with Gasteiger partial charge in [-0.3, -0.25) is 0 Å². The zero-order chi connectivity index (χ0) is 15.2. The topological polar surface area (TPSA) is 30.5 Å². The minimum atomic E-state index is 0.253. The summed E-state index contributed by atoms with van der Waals surface area (Å²) in [6.07, 6.45) is 2.49. The third kappa shape index (κ3) is 4.39. The van der Waals surface area contributed by atoms with Gasteiger partial charge in [-0.25, -0.2) is 0 Å². The molecule has 1 aliphatic rings. The van der Waals surface area contributed by atoms with Gasteiger partial charge in [0.25, 0.3) is 0 Å². The van der Waals surface area contributed by atoms with Crippen molar-refractivity contribution in [2.24, 2.45) is 0 Å². The summed E-state index contributed by atoms with van der Waals surface area (Å²) in [6, 6.07) is 15.9. The first kappa shape index (κ1) is 15.2. The molecule has 0 aromatic heterocycles. The highest BCUT2D eigenvalue weighted by molar-refractivity contribution is 6.30. The van der Waals surface area contributed by atoms with Crippen molar-refractivity contribution >= 4 is 17.3 Å². The Balaban J connectivity index is 1.47. The van der Waals surface area contributed by atoms with Crippen LogP contribution in [0.4, 0.5) is 5.69 Å². The van der Waals surface area contributed by atoms with Crippen LogP contribution in [-0.2, 0) is 11.3 Å². The second kappa shape index (κ2) is 7.52. The van der Waals surface area contributed by atoms with Gasteiger partial charge in [0.1, 0.15) is 12.4 Å². The molecule has 116 valence electrons. The fraction of sp³-hybridized carbons (Fsp3) is 0.333. The van der Waals surface area contributed by atoms with E-state index in [2.05, 4.69) is 5.32 Å². The molecule has 0 amide bonds. The standard InChI is InChI=1S/C18H20ClNO2/c19-15-5-3-14(4-6-15)12-20-16-7-9-17(10-8-16)22-13-18-2-1-11-21-18/h3-10,18,20H,1-2,11-13H2. The molecular formula is C18H20ClNO2. The molecule has 3 rings (SSSR count). The zero-order valence-electron chi connectivity index (χ0n) is 12.4. The maximum atomic E-state index is 5.88. The predicted molar refractivity (Wildman–Crippen MR) is 89.7 cm³/mol. The van der Waals surface area contributed by atoms with Crippen LogP contribution >= 0.6 is 11.6 Å². The molecule has 3 nitrogen and oxygen atoms in total. The van der Waals surface area contributed by atoms with Crippen LogP contribution in [0.25, 0.3) is 0 Å². The average Bonchev–Trinajstić information content (AvgIpc) is 3.07. The van der Waals surface area contributed by atoms with Gasteiger partial charge in [-0.1, -0.05) is 23.7 Å². The molecule has 0 radical (unpaired) electrons. The molecule has 0 spiro atoms. The Hall–Kier alpha value is -1.71. The monoisotopic (exact) mass is 317 g/mol. The van der Waals surface area contributed by atoms with Crippen molar-refractivity contribution in [1.29, 1.82) is 0 Å². The largest absolute Gasteiger partial charge is 0.491 e. The third-order valence-electron chi connectivity index (χ3n) is 3.72. The van der Waals surface area contributed by atoms with Crippen LogP contribution in [0.5, 0.6) is 5.75 Å². The van der Waals surface area contributed by atoms with Gasteiger partial charge < -0.3 is 14.8 Å². The van der Waals surface area contributed by atoms with Crippen molar-refractivity contribution in [3.8, 4) is 5.75 Å². The lowest BCUT2D eigenvalue weighted by molar-refractivity contribution is 0.0679. The number of benzene rings is 2. The van der Waals surface area contributed by atoms with E-state index in [9.17, 15) is 0 Å². The van der Waals surface area contributed by atoms with Gasteiger partial charge in [-0.15, -0.1) is 0 Å². The number of nitrogens with one attached hydrogen (secondary N) is 1. The number of anilines is 1. The Kier molecular flexibility index (Phi) is 5.20. The van der Waals surface area contributed by atoms with Crippen molar-refractivity contribution in [1.82, 2.24) is 0 Å². The van der Waals surface area contributed by atoms with Crippen molar-refractivity contribution in [2.45, 2.75) is 25.5 Å². The molecule has 1 unspecified atom stereocenters. The first-order chi connectivity index (χ1) is 10.8. The van der Waals surface area contributed by atoms with Gasteiger partial charge in [0, 0.05) is 23.9 Å². The van der Waals surface area contributed by atoms with E-state index in [0.29, 0.717) is 6.61 Å². The van der Waals surface area contributed by atoms with E-state index in [4.69, 9.17) is 21.1 Å². The van der Waals surface area contributed by atoms with E-state index in [1.54, 1.807) is 0 Å². The molecule has 1 aliphatic heterocycles. The number of halogens is 1. The van der Waals surface area contributed by atoms with Gasteiger partial charge in [0.15, 0.2) is 0 Å². The summed E-state index contributed by atoms with van der Waals surface area (Å²) in [5.74, 6) is 0.882. The fourth-order valence-corrected chi connectivity index (χ4v) is 2.57. The van der Waals surface area contributed by atoms with E-state index in [-0.39, 0.29) is 6.10 Å². The lowest BCUT2D eigenvalue weighted by atomic mass is 10.2. The molecule has 0 saturated carbocycles. The molecule has 2 aromatic rings. The molecule has 22 heavy (non-hydrogen) atoms. The Morgan fingerprint density at radius 2 is 1.86 bits per heavy atom. The highest BCUT2D eigenvalue weighted by Gasteiger charge is 2.15. The minimum absolute atomic E-state index is 0.253. The van der Waals surface area contributed by atoms with Crippen LogP contribution < -0.4 is 10.1 Å². The molecule has 1 N–H and O–H groups in total. The van der Waals surface area contributed by atoms with Gasteiger partial charge in [-0.2, -0.15) is 0 Å². The van der Waals surface area contributed by atoms with Crippen LogP contribution in [0.15, 0.2) is 48.5 Å². The van der Waals surface area contributed by atoms with Crippen LogP contribution in [0.2, 0.25) is 5.02 Å². The van der Waals surface area contributed by atoms with Crippen molar-refractivity contribution in [3.63, 3.8) is 0 Å². The summed E-state index contributed by atoms with van der Waals surface area (Å²) < 4.78 is 11.3. The van der Waals surface area contributed by atoms with E-state index < -0.39 is 0 Å². The van der Waals surface area contributed by atoms with Crippen LogP contribution in [-0.4, -0.2) is 19.3 Å². The predicted octanol–water partition coefficient (Wildman–Crippen LogP) is 4.51. The van der Waals surface area contributed by atoms with E-state index in [0.717, 1.165) is 42.5 Å². The smallest absolute Gasteiger partial charge is 0.119 e. The van der Waals surface area contributed by atoms with E-state index >= 15 is 0 Å². The molecule has 0 bridgehead atoms. The van der Waals surface area contributed by atoms with Crippen molar-refractivity contribution in [2.75, 3.05) is 18.5 Å². The molecule has 2 aromatic carbocycles. The van der Waals surface area contributed by atoms with Gasteiger partial charge in [0.05, 0.1) is 6.10 Å². The molecule has 1 heterocycles. The first-order valence-electron chi connectivity index (χ1n) is 7.62. The molecular weight excluding hydrogens is 298 g/mol. The van der Waals surface area contributed by atoms with Crippen LogP contribution in [0, 0.1) is 0 Å². The highest BCUT2D eigenvalue weighted by Crippen LogP contribution is 2.19. The molecule has 1 saturated heterocycles. The summed E-state index contributed by atoms with van der Waals surface area (Å²) >= 11 is 5.88. The average molecular weight is 318 g/mol. The maximum Gasteiger partial charge on any atom is 0.119 e. The Morgan fingerprint density at radius 1 is 1.09 bits per heavy atom. The van der Waals surface area contributed by atoms with Crippen molar-refractivity contribution < 1.29 is 9.47 Å². The molecule has 1 fully saturated rings. The summed E-state index contributed by atoms with van der Waals surface area (Å²) in [5, 5.41) is 4.14. The van der Waals surface area contributed by atoms with Crippen LogP contribution in [0.3, 0.4) is 0 Å². The highest BCUT2D eigenvalue weighted by atomic mass is 35.5. The second-order valence-electron chi connectivity index (χ2n) is 5.45. The number of rotatable bonds is 6. The molecule has 0 aliphatic carbocycles. The first-order valence-corrected chi connectivity index (χ1v) is 8.00. The number of ether oxygens (including phenoxy) is 2. The number of hydrogen-bond acceptors (Lipinski definition) is 3. The quantitative estimate of drug-likeness (QED) is 0.850.